The molecule has 0 saturated heterocycles. The van der Waals surface area contributed by atoms with Crippen molar-refractivity contribution in [3.63, 3.8) is 0 Å². The van der Waals surface area contributed by atoms with Crippen molar-refractivity contribution in [3.05, 3.63) is 34.8 Å². The summed E-state index contributed by atoms with van der Waals surface area (Å²) in [6, 6.07) is 6.13. The lowest BCUT2D eigenvalue weighted by Gasteiger charge is -2.14. The average molecular weight is 246 g/mol. The number of anilines is 1. The predicted octanol–water partition coefficient (Wildman–Crippen LogP) is 4.00. The van der Waals surface area contributed by atoms with Gasteiger partial charge in [-0.25, -0.2) is 4.98 Å². The molecule has 0 radical (unpaired) electrons. The van der Waals surface area contributed by atoms with Crippen LogP contribution in [0.4, 0.5) is 5.69 Å². The van der Waals surface area contributed by atoms with Crippen LogP contribution in [-0.4, -0.2) is 4.98 Å². The highest BCUT2D eigenvalue weighted by Crippen LogP contribution is 2.31. The Morgan fingerprint density at radius 3 is 2.47 bits per heavy atom. The fourth-order valence-electron chi connectivity index (χ4n) is 1.52. The summed E-state index contributed by atoms with van der Waals surface area (Å²) in [4.78, 5) is 4.69. The van der Waals surface area contributed by atoms with Crippen LogP contribution in [0.15, 0.2) is 23.6 Å². The van der Waals surface area contributed by atoms with Gasteiger partial charge in [0.1, 0.15) is 5.01 Å². The molecule has 1 heterocycles. The van der Waals surface area contributed by atoms with Crippen molar-refractivity contribution in [2.45, 2.75) is 33.1 Å². The molecule has 0 aliphatic rings. The maximum atomic E-state index is 5.93. The molecule has 0 unspecified atom stereocenters. The van der Waals surface area contributed by atoms with Gasteiger partial charge in [0.05, 0.1) is 5.69 Å². The van der Waals surface area contributed by atoms with Crippen LogP contribution in [0.1, 0.15) is 32.0 Å². The lowest BCUT2D eigenvalue weighted by molar-refractivity contribution is 0.573. The van der Waals surface area contributed by atoms with Crippen LogP contribution < -0.4 is 5.73 Å². The Labute approximate surface area is 107 Å². The monoisotopic (exact) mass is 246 g/mol. The molecule has 17 heavy (non-hydrogen) atoms. The Bertz CT molecular complexity index is 535. The van der Waals surface area contributed by atoms with Gasteiger partial charge in [0.25, 0.3) is 0 Å². The summed E-state index contributed by atoms with van der Waals surface area (Å²) in [5.74, 6) is 0. The zero-order valence-corrected chi connectivity index (χ0v) is 11.6. The normalized spacial score (nSPS) is 11.8. The van der Waals surface area contributed by atoms with E-state index in [0.29, 0.717) is 0 Å². The largest absolute Gasteiger partial charge is 0.398 e. The van der Waals surface area contributed by atoms with E-state index >= 15 is 0 Å². The number of nitrogens with two attached hydrogens (primary N) is 1. The number of hydrogen-bond donors (Lipinski definition) is 1. The van der Waals surface area contributed by atoms with Crippen LogP contribution in [-0.2, 0) is 5.41 Å². The van der Waals surface area contributed by atoms with Crippen molar-refractivity contribution in [2.24, 2.45) is 0 Å². The van der Waals surface area contributed by atoms with Gasteiger partial charge in [0.15, 0.2) is 0 Å². The number of aryl methyl sites for hydroxylation is 1. The fourth-order valence-corrected chi connectivity index (χ4v) is 2.57. The zero-order chi connectivity index (χ0) is 12.6. The van der Waals surface area contributed by atoms with E-state index in [4.69, 9.17) is 5.73 Å². The third-order valence-electron chi connectivity index (χ3n) is 2.80. The molecule has 2 aromatic rings. The maximum absolute atomic E-state index is 5.93. The van der Waals surface area contributed by atoms with E-state index in [1.54, 1.807) is 11.3 Å². The van der Waals surface area contributed by atoms with Crippen LogP contribution in [0, 0.1) is 6.92 Å². The Hall–Kier alpha value is -1.35. The highest BCUT2D eigenvalue weighted by molar-refractivity contribution is 7.13. The SMILES string of the molecule is Cc1ccc(-c2nc(C(C)(C)C)cs2)cc1N. The smallest absolute Gasteiger partial charge is 0.123 e. The summed E-state index contributed by atoms with van der Waals surface area (Å²) in [5, 5.41) is 3.17. The van der Waals surface area contributed by atoms with Gasteiger partial charge >= 0.3 is 0 Å². The first-order valence-corrected chi connectivity index (χ1v) is 6.58. The van der Waals surface area contributed by atoms with Gasteiger partial charge in [-0.2, -0.15) is 0 Å². The molecule has 0 atom stereocenters. The highest BCUT2D eigenvalue weighted by atomic mass is 32.1. The van der Waals surface area contributed by atoms with Crippen LogP contribution in [0.25, 0.3) is 10.6 Å². The second kappa shape index (κ2) is 4.15. The van der Waals surface area contributed by atoms with Crippen molar-refractivity contribution in [3.8, 4) is 10.6 Å². The summed E-state index contributed by atoms with van der Waals surface area (Å²) in [5.41, 5.74) is 10.2. The molecule has 1 aromatic carbocycles. The summed E-state index contributed by atoms with van der Waals surface area (Å²) < 4.78 is 0. The molecule has 0 fully saturated rings. The number of nitrogen functional groups attached to an aromatic ring is 1. The van der Waals surface area contributed by atoms with Gasteiger partial charge in [-0.3, -0.25) is 0 Å². The van der Waals surface area contributed by atoms with Gasteiger partial charge in [0, 0.05) is 22.0 Å². The molecule has 0 aliphatic carbocycles. The Morgan fingerprint density at radius 1 is 1.24 bits per heavy atom. The van der Waals surface area contributed by atoms with Gasteiger partial charge in [-0.15, -0.1) is 11.3 Å². The number of rotatable bonds is 1. The molecule has 2 N–H and O–H groups in total. The number of thiazole rings is 1. The second-order valence-corrected chi connectivity index (χ2v) is 6.22. The van der Waals surface area contributed by atoms with Crippen LogP contribution >= 0.6 is 11.3 Å². The fraction of sp³-hybridized carbons (Fsp3) is 0.357. The summed E-state index contributed by atoms with van der Waals surface area (Å²) in [6.07, 6.45) is 0. The standard InChI is InChI=1S/C14H18N2S/c1-9-5-6-10(7-11(9)15)13-16-12(8-17-13)14(2,3)4/h5-8H,15H2,1-4H3. The number of aromatic nitrogens is 1. The molecular weight excluding hydrogens is 228 g/mol. The van der Waals surface area contributed by atoms with Gasteiger partial charge in [0.2, 0.25) is 0 Å². The Morgan fingerprint density at radius 2 is 1.94 bits per heavy atom. The molecule has 90 valence electrons. The van der Waals surface area contributed by atoms with E-state index in [1.165, 1.54) is 0 Å². The molecule has 0 bridgehead atoms. The van der Waals surface area contributed by atoms with Crippen molar-refractivity contribution in [2.75, 3.05) is 5.73 Å². The van der Waals surface area contributed by atoms with Crippen molar-refractivity contribution in [1.29, 1.82) is 0 Å². The first-order chi connectivity index (χ1) is 7.88. The van der Waals surface area contributed by atoms with Gasteiger partial charge in [-0.05, 0) is 18.6 Å². The lowest BCUT2D eigenvalue weighted by Crippen LogP contribution is -2.11. The summed E-state index contributed by atoms with van der Waals surface area (Å²) in [6.45, 7) is 8.54. The average Bonchev–Trinajstić information content (AvgIpc) is 2.70. The lowest BCUT2D eigenvalue weighted by atomic mass is 9.93. The van der Waals surface area contributed by atoms with Gasteiger partial charge in [-0.1, -0.05) is 32.9 Å². The summed E-state index contributed by atoms with van der Waals surface area (Å²) >= 11 is 1.68. The molecule has 1 aromatic heterocycles. The highest BCUT2D eigenvalue weighted by Gasteiger charge is 2.17. The van der Waals surface area contributed by atoms with E-state index in [0.717, 1.165) is 27.5 Å². The zero-order valence-electron chi connectivity index (χ0n) is 10.7. The van der Waals surface area contributed by atoms with Crippen LogP contribution in [0.3, 0.4) is 0 Å². The first-order valence-electron chi connectivity index (χ1n) is 5.70. The summed E-state index contributed by atoms with van der Waals surface area (Å²) in [7, 11) is 0. The van der Waals surface area contributed by atoms with Crippen molar-refractivity contribution < 1.29 is 0 Å². The van der Waals surface area contributed by atoms with E-state index < -0.39 is 0 Å². The van der Waals surface area contributed by atoms with Crippen LogP contribution in [0.2, 0.25) is 0 Å². The molecule has 0 aliphatic heterocycles. The molecule has 2 rings (SSSR count). The first kappa shape index (κ1) is 12.1. The van der Waals surface area contributed by atoms with E-state index in [9.17, 15) is 0 Å². The molecule has 0 spiro atoms. The van der Waals surface area contributed by atoms with E-state index in [2.05, 4.69) is 37.2 Å². The van der Waals surface area contributed by atoms with Gasteiger partial charge < -0.3 is 5.73 Å². The van der Waals surface area contributed by atoms with E-state index in [-0.39, 0.29) is 5.41 Å². The molecule has 0 saturated carbocycles. The molecule has 3 heteroatoms. The Balaban J connectivity index is 2.40. The number of nitrogens with zero attached hydrogens (tertiary/aromatic N) is 1. The minimum absolute atomic E-state index is 0.102. The van der Waals surface area contributed by atoms with Crippen LogP contribution in [0.5, 0.6) is 0 Å². The number of hydrogen-bond acceptors (Lipinski definition) is 3. The maximum Gasteiger partial charge on any atom is 0.123 e. The topological polar surface area (TPSA) is 38.9 Å². The van der Waals surface area contributed by atoms with Crippen molar-refractivity contribution >= 4 is 17.0 Å². The third-order valence-corrected chi connectivity index (χ3v) is 3.69. The predicted molar refractivity (Wildman–Crippen MR) is 75.4 cm³/mol. The number of benzene rings is 1. The minimum Gasteiger partial charge on any atom is -0.398 e. The Kier molecular flexibility index (Phi) is 2.96. The molecule has 2 nitrogen and oxygen atoms in total. The molecular formula is C14H18N2S. The van der Waals surface area contributed by atoms with Crippen molar-refractivity contribution in [1.82, 2.24) is 4.98 Å². The third kappa shape index (κ3) is 2.50. The second-order valence-electron chi connectivity index (χ2n) is 5.36. The van der Waals surface area contributed by atoms with E-state index in [1.807, 2.05) is 19.1 Å². The molecule has 0 amide bonds. The quantitative estimate of drug-likeness (QED) is 0.772. The minimum atomic E-state index is 0.102.